The molecule has 0 bridgehead atoms. The number of hydrogen-bond donors (Lipinski definition) is 1. The van der Waals surface area contributed by atoms with E-state index in [-0.39, 0.29) is 5.91 Å². The number of carbonyl (C=O) groups is 2. The summed E-state index contributed by atoms with van der Waals surface area (Å²) in [6, 6.07) is 6.90. The molecular weight excluding hydrogens is 266 g/mol. The number of carbonyl (C=O) groups excluding carboxylic acids is 2. The van der Waals surface area contributed by atoms with Gasteiger partial charge in [0, 0.05) is 5.56 Å². The first-order valence-corrected chi connectivity index (χ1v) is 7.45. The average molecular weight is 291 g/mol. The second-order valence-corrected chi connectivity index (χ2v) is 5.63. The highest BCUT2D eigenvalue weighted by molar-refractivity contribution is 5.96. The van der Waals surface area contributed by atoms with Crippen LogP contribution in [0.3, 0.4) is 0 Å². The summed E-state index contributed by atoms with van der Waals surface area (Å²) in [5.74, 6) is -0.352. The van der Waals surface area contributed by atoms with Gasteiger partial charge in [0.2, 0.25) is 0 Å². The molecule has 1 aromatic carbocycles. The SMILES string of the molecule is CCCc1ccc(C(=O)N[C@H](CC(C)C)C(=O)OC)cc1. The van der Waals surface area contributed by atoms with Gasteiger partial charge in [-0.25, -0.2) is 4.79 Å². The monoisotopic (exact) mass is 291 g/mol. The van der Waals surface area contributed by atoms with Crippen LogP contribution in [0.1, 0.15) is 49.5 Å². The maximum Gasteiger partial charge on any atom is 0.328 e. The number of nitrogens with one attached hydrogen (secondary N) is 1. The van der Waals surface area contributed by atoms with Crippen LogP contribution in [0.2, 0.25) is 0 Å². The summed E-state index contributed by atoms with van der Waals surface area (Å²) in [4.78, 5) is 23.9. The third kappa shape index (κ3) is 5.58. The highest BCUT2D eigenvalue weighted by atomic mass is 16.5. The van der Waals surface area contributed by atoms with Crippen LogP contribution in [0.5, 0.6) is 0 Å². The van der Waals surface area contributed by atoms with Crippen molar-refractivity contribution in [1.29, 1.82) is 0 Å². The van der Waals surface area contributed by atoms with Crippen LogP contribution < -0.4 is 5.32 Å². The molecule has 0 aliphatic rings. The summed E-state index contributed by atoms with van der Waals surface area (Å²) < 4.78 is 4.75. The molecule has 116 valence electrons. The third-order valence-corrected chi connectivity index (χ3v) is 3.25. The van der Waals surface area contributed by atoms with Crippen molar-refractivity contribution in [3.8, 4) is 0 Å². The van der Waals surface area contributed by atoms with Gasteiger partial charge in [-0.1, -0.05) is 39.3 Å². The van der Waals surface area contributed by atoms with E-state index in [2.05, 4.69) is 12.2 Å². The highest BCUT2D eigenvalue weighted by Gasteiger charge is 2.23. The van der Waals surface area contributed by atoms with Crippen LogP contribution in [-0.2, 0) is 16.0 Å². The molecule has 1 N–H and O–H groups in total. The first-order valence-electron chi connectivity index (χ1n) is 7.45. The summed E-state index contributed by atoms with van der Waals surface area (Å²) in [6.07, 6.45) is 2.64. The molecule has 4 heteroatoms. The number of rotatable bonds is 7. The van der Waals surface area contributed by atoms with Crippen LogP contribution >= 0.6 is 0 Å². The van der Waals surface area contributed by atoms with Crippen LogP contribution in [0.4, 0.5) is 0 Å². The number of ether oxygens (including phenoxy) is 1. The maximum absolute atomic E-state index is 12.2. The summed E-state index contributed by atoms with van der Waals surface area (Å²) in [6.45, 7) is 6.12. The Morgan fingerprint density at radius 1 is 1.19 bits per heavy atom. The zero-order valence-electron chi connectivity index (χ0n) is 13.3. The fraction of sp³-hybridized carbons (Fsp3) is 0.529. The lowest BCUT2D eigenvalue weighted by Crippen LogP contribution is -2.42. The molecule has 0 saturated carbocycles. The topological polar surface area (TPSA) is 55.4 Å². The molecule has 0 radical (unpaired) electrons. The maximum atomic E-state index is 12.2. The first kappa shape index (κ1) is 17.2. The standard InChI is InChI=1S/C17H25NO3/c1-5-6-13-7-9-14(10-8-13)16(19)18-15(11-12(2)3)17(20)21-4/h7-10,12,15H,5-6,11H2,1-4H3,(H,18,19)/t15-/m1/s1. The number of benzene rings is 1. The zero-order chi connectivity index (χ0) is 15.8. The van der Waals surface area contributed by atoms with Crippen molar-refractivity contribution in [2.24, 2.45) is 5.92 Å². The molecule has 4 nitrogen and oxygen atoms in total. The molecule has 0 aromatic heterocycles. The van der Waals surface area contributed by atoms with Gasteiger partial charge in [0.1, 0.15) is 6.04 Å². The van der Waals surface area contributed by atoms with E-state index in [0.29, 0.717) is 17.9 Å². The summed E-state index contributed by atoms with van der Waals surface area (Å²) >= 11 is 0. The minimum atomic E-state index is -0.599. The van der Waals surface area contributed by atoms with E-state index in [1.54, 1.807) is 12.1 Å². The number of amides is 1. The molecule has 1 atom stereocenters. The van der Waals surface area contributed by atoms with Crippen molar-refractivity contribution in [2.75, 3.05) is 7.11 Å². The molecule has 1 amide bonds. The fourth-order valence-electron chi connectivity index (χ4n) is 2.18. The second kappa shape index (κ2) is 8.45. The van der Waals surface area contributed by atoms with Crippen molar-refractivity contribution < 1.29 is 14.3 Å². The van der Waals surface area contributed by atoms with Gasteiger partial charge in [-0.3, -0.25) is 4.79 Å². The van der Waals surface area contributed by atoms with Crippen molar-refractivity contribution in [1.82, 2.24) is 5.32 Å². The quantitative estimate of drug-likeness (QED) is 0.786. The van der Waals surface area contributed by atoms with Crippen molar-refractivity contribution >= 4 is 11.9 Å². The van der Waals surface area contributed by atoms with Crippen LogP contribution in [-0.4, -0.2) is 25.0 Å². The number of esters is 1. The number of aryl methyl sites for hydroxylation is 1. The normalized spacial score (nSPS) is 12.0. The lowest BCUT2D eigenvalue weighted by atomic mass is 10.0. The lowest BCUT2D eigenvalue weighted by Gasteiger charge is -2.18. The van der Waals surface area contributed by atoms with Crippen molar-refractivity contribution in [2.45, 2.75) is 46.1 Å². The van der Waals surface area contributed by atoms with Gasteiger partial charge in [0.05, 0.1) is 7.11 Å². The molecule has 1 rings (SSSR count). The zero-order valence-corrected chi connectivity index (χ0v) is 13.3. The van der Waals surface area contributed by atoms with Gasteiger partial charge in [0.25, 0.3) is 5.91 Å². The van der Waals surface area contributed by atoms with E-state index in [1.807, 2.05) is 26.0 Å². The molecule has 0 unspecified atom stereocenters. The fourth-order valence-corrected chi connectivity index (χ4v) is 2.18. The molecule has 0 fully saturated rings. The summed E-state index contributed by atoms with van der Waals surface area (Å²) in [5.41, 5.74) is 1.77. The Morgan fingerprint density at radius 3 is 2.29 bits per heavy atom. The van der Waals surface area contributed by atoms with Gasteiger partial charge in [0.15, 0.2) is 0 Å². The average Bonchev–Trinajstić information content (AvgIpc) is 2.46. The van der Waals surface area contributed by atoms with Crippen LogP contribution in [0, 0.1) is 5.92 Å². The van der Waals surface area contributed by atoms with E-state index < -0.39 is 12.0 Å². The largest absolute Gasteiger partial charge is 0.467 e. The second-order valence-electron chi connectivity index (χ2n) is 5.63. The number of methoxy groups -OCH3 is 1. The molecular formula is C17H25NO3. The van der Waals surface area contributed by atoms with E-state index in [1.165, 1.54) is 12.7 Å². The van der Waals surface area contributed by atoms with E-state index in [4.69, 9.17) is 4.74 Å². The predicted octanol–water partition coefficient (Wildman–Crippen LogP) is 2.96. The number of hydrogen-bond acceptors (Lipinski definition) is 3. The van der Waals surface area contributed by atoms with Gasteiger partial charge >= 0.3 is 5.97 Å². The molecule has 0 saturated heterocycles. The lowest BCUT2D eigenvalue weighted by molar-refractivity contribution is -0.143. The smallest absolute Gasteiger partial charge is 0.328 e. The predicted molar refractivity (Wildman–Crippen MR) is 83.2 cm³/mol. The van der Waals surface area contributed by atoms with Gasteiger partial charge < -0.3 is 10.1 Å². The molecule has 21 heavy (non-hydrogen) atoms. The minimum Gasteiger partial charge on any atom is -0.467 e. The Kier molecular flexibility index (Phi) is 6.92. The molecule has 0 aliphatic heterocycles. The first-order chi connectivity index (χ1) is 9.97. The minimum absolute atomic E-state index is 0.242. The van der Waals surface area contributed by atoms with Crippen molar-refractivity contribution in [3.63, 3.8) is 0 Å². The Balaban J connectivity index is 2.74. The Morgan fingerprint density at radius 2 is 1.81 bits per heavy atom. The molecule has 0 aliphatic carbocycles. The Labute approximate surface area is 126 Å². The van der Waals surface area contributed by atoms with Gasteiger partial charge in [-0.2, -0.15) is 0 Å². The molecule has 0 spiro atoms. The Hall–Kier alpha value is -1.84. The van der Waals surface area contributed by atoms with Gasteiger partial charge in [-0.15, -0.1) is 0 Å². The summed E-state index contributed by atoms with van der Waals surface area (Å²) in [7, 11) is 1.33. The molecule has 1 aromatic rings. The molecule has 0 heterocycles. The van der Waals surface area contributed by atoms with E-state index in [0.717, 1.165) is 12.8 Å². The van der Waals surface area contributed by atoms with Crippen molar-refractivity contribution in [3.05, 3.63) is 35.4 Å². The van der Waals surface area contributed by atoms with Gasteiger partial charge in [-0.05, 0) is 36.5 Å². The summed E-state index contributed by atoms with van der Waals surface area (Å²) in [5, 5.41) is 2.75. The van der Waals surface area contributed by atoms with E-state index in [9.17, 15) is 9.59 Å². The van der Waals surface area contributed by atoms with Crippen LogP contribution in [0.15, 0.2) is 24.3 Å². The third-order valence-electron chi connectivity index (χ3n) is 3.25. The highest BCUT2D eigenvalue weighted by Crippen LogP contribution is 2.10. The van der Waals surface area contributed by atoms with E-state index >= 15 is 0 Å². The van der Waals surface area contributed by atoms with Crippen LogP contribution in [0.25, 0.3) is 0 Å². The Bertz CT molecular complexity index is 465.